The maximum absolute atomic E-state index is 13.7. The first-order valence-electron chi connectivity index (χ1n) is 7.08. The lowest BCUT2D eigenvalue weighted by molar-refractivity contribution is 0.111. The lowest BCUT2D eigenvalue weighted by Crippen LogP contribution is -2.39. The zero-order valence-electron chi connectivity index (χ0n) is 14.0. The van der Waals surface area contributed by atoms with Gasteiger partial charge < -0.3 is 10.9 Å². The summed E-state index contributed by atoms with van der Waals surface area (Å²) in [4.78, 5) is 10.8. The number of hydrogen-bond donors (Lipinski definition) is 4. The molecule has 1 aromatic heterocycles. The fraction of sp³-hybridized carbons (Fsp3) is 0.200. The fourth-order valence-corrected chi connectivity index (χ4v) is 1.98. The zero-order valence-corrected chi connectivity index (χ0v) is 14.9. The first kappa shape index (κ1) is 22.6. The standard InChI is InChI=1S/C12H11F2N5OS.C2H6.CH4O/c13-9-2-1-3-10(11(9)14)19(16)12(17-15)7-4-8(6-20)18(21)5-7;2*1-2/h1-6,21H,15-16H2;1-2H3;2H,1H3/b17-12-;;. The summed E-state index contributed by atoms with van der Waals surface area (Å²) in [6, 6.07) is 4.92. The minimum Gasteiger partial charge on any atom is -0.400 e. The number of hydrazone groups is 1. The van der Waals surface area contributed by atoms with Crippen molar-refractivity contribution in [3.05, 3.63) is 53.4 Å². The van der Waals surface area contributed by atoms with Crippen molar-refractivity contribution in [2.24, 2.45) is 16.8 Å². The van der Waals surface area contributed by atoms with Crippen molar-refractivity contribution in [2.75, 3.05) is 12.1 Å². The number of aldehydes is 1. The number of halogens is 2. The van der Waals surface area contributed by atoms with Crippen LogP contribution in [0.15, 0.2) is 35.6 Å². The van der Waals surface area contributed by atoms with Gasteiger partial charge >= 0.3 is 0 Å². The number of carbonyl (C=O) groups excluding carboxylic acids is 1. The van der Waals surface area contributed by atoms with Crippen molar-refractivity contribution < 1.29 is 18.7 Å². The van der Waals surface area contributed by atoms with Crippen LogP contribution in [0.1, 0.15) is 29.9 Å². The third-order valence-electron chi connectivity index (χ3n) is 2.75. The van der Waals surface area contributed by atoms with Crippen LogP contribution in [0.25, 0.3) is 0 Å². The number of nitrogens with two attached hydrogens (primary N) is 2. The highest BCUT2D eigenvalue weighted by Gasteiger charge is 2.20. The van der Waals surface area contributed by atoms with Crippen molar-refractivity contribution in [1.29, 1.82) is 0 Å². The monoisotopic (exact) mass is 373 g/mol. The van der Waals surface area contributed by atoms with Gasteiger partial charge in [0.2, 0.25) is 0 Å². The van der Waals surface area contributed by atoms with Crippen LogP contribution in [0.3, 0.4) is 0 Å². The van der Waals surface area contributed by atoms with Gasteiger partial charge in [-0.25, -0.2) is 14.6 Å². The van der Waals surface area contributed by atoms with Crippen molar-refractivity contribution >= 4 is 30.6 Å². The number of rotatable bonds is 3. The molecule has 2 aromatic rings. The Kier molecular flexibility index (Phi) is 10.1. The Hall–Kier alpha value is -2.43. The maximum Gasteiger partial charge on any atom is 0.183 e. The SMILES string of the molecule is CC.CO.N/N=C(/c1cc(C=O)n(S)c1)N(N)c1cccc(F)c1F. The molecule has 5 N–H and O–H groups in total. The van der Waals surface area contributed by atoms with Gasteiger partial charge in [-0.3, -0.25) is 13.8 Å². The van der Waals surface area contributed by atoms with E-state index in [2.05, 4.69) is 17.9 Å². The Labute approximate surface area is 150 Å². The molecule has 138 valence electrons. The normalized spacial score (nSPS) is 10.2. The Morgan fingerprint density at radius 1 is 1.36 bits per heavy atom. The van der Waals surface area contributed by atoms with E-state index in [1.54, 1.807) is 0 Å². The van der Waals surface area contributed by atoms with E-state index >= 15 is 0 Å². The number of hydrogen-bond acceptors (Lipinski definition) is 6. The summed E-state index contributed by atoms with van der Waals surface area (Å²) in [6.07, 6.45) is 1.98. The van der Waals surface area contributed by atoms with Gasteiger partial charge in [-0.2, -0.15) is 5.10 Å². The smallest absolute Gasteiger partial charge is 0.183 e. The lowest BCUT2D eigenvalue weighted by atomic mass is 10.2. The number of aromatic nitrogens is 1. The topological polar surface area (TPSA) is 110 Å². The van der Waals surface area contributed by atoms with E-state index in [0.29, 0.717) is 11.8 Å². The lowest BCUT2D eigenvalue weighted by Gasteiger charge is -2.19. The number of carbonyl (C=O) groups is 1. The van der Waals surface area contributed by atoms with Crippen LogP contribution in [-0.2, 0) is 0 Å². The summed E-state index contributed by atoms with van der Waals surface area (Å²) in [7, 11) is 1.00. The maximum atomic E-state index is 13.7. The molecule has 0 amide bonds. The Morgan fingerprint density at radius 3 is 2.44 bits per heavy atom. The Bertz CT molecular complexity index is 722. The molecule has 1 aromatic carbocycles. The van der Waals surface area contributed by atoms with Crippen LogP contribution in [0.2, 0.25) is 0 Å². The zero-order chi connectivity index (χ0) is 19.6. The Balaban J connectivity index is 0.00000134. The first-order chi connectivity index (χ1) is 12.0. The molecule has 7 nitrogen and oxygen atoms in total. The van der Waals surface area contributed by atoms with Crippen LogP contribution >= 0.6 is 12.8 Å². The van der Waals surface area contributed by atoms with Gasteiger partial charge in [-0.05, 0) is 18.2 Å². The molecule has 0 unspecified atom stereocenters. The summed E-state index contributed by atoms with van der Waals surface area (Å²) in [5.74, 6) is 8.75. The third-order valence-corrected chi connectivity index (χ3v) is 3.10. The molecule has 0 saturated carbocycles. The van der Waals surface area contributed by atoms with Gasteiger partial charge in [0.05, 0.1) is 11.4 Å². The van der Waals surface area contributed by atoms with Crippen molar-refractivity contribution in [3.8, 4) is 0 Å². The molecule has 0 aliphatic carbocycles. The summed E-state index contributed by atoms with van der Waals surface area (Å²) >= 11 is 4.02. The molecular weight excluding hydrogens is 352 g/mol. The highest BCUT2D eigenvalue weighted by molar-refractivity contribution is 7.78. The number of benzene rings is 1. The number of hydrazine groups is 1. The van der Waals surface area contributed by atoms with Gasteiger partial charge in [0.1, 0.15) is 0 Å². The highest BCUT2D eigenvalue weighted by atomic mass is 32.1. The van der Waals surface area contributed by atoms with E-state index in [1.165, 1.54) is 28.4 Å². The van der Waals surface area contributed by atoms with E-state index in [4.69, 9.17) is 16.8 Å². The second-order valence-electron chi connectivity index (χ2n) is 4.01. The second-order valence-corrected chi connectivity index (χ2v) is 4.44. The minimum atomic E-state index is -1.14. The molecule has 0 radical (unpaired) electrons. The van der Waals surface area contributed by atoms with E-state index in [0.717, 1.165) is 18.2 Å². The Morgan fingerprint density at radius 2 is 1.96 bits per heavy atom. The van der Waals surface area contributed by atoms with Crippen molar-refractivity contribution in [3.63, 3.8) is 0 Å². The third kappa shape index (κ3) is 5.28. The van der Waals surface area contributed by atoms with Crippen LogP contribution in [0.4, 0.5) is 14.5 Å². The molecule has 0 fully saturated rings. The van der Waals surface area contributed by atoms with Crippen molar-refractivity contribution in [2.45, 2.75) is 13.8 Å². The molecule has 0 spiro atoms. The number of aliphatic hydroxyl groups excluding tert-OH is 1. The summed E-state index contributed by atoms with van der Waals surface area (Å²) in [6.45, 7) is 4.00. The molecule has 0 aliphatic heterocycles. The number of amidine groups is 1. The molecule has 10 heteroatoms. The van der Waals surface area contributed by atoms with Crippen LogP contribution in [0.5, 0.6) is 0 Å². The van der Waals surface area contributed by atoms with E-state index in [1.807, 2.05) is 13.8 Å². The van der Waals surface area contributed by atoms with Gasteiger partial charge in [0.25, 0.3) is 0 Å². The number of nitrogens with zero attached hydrogens (tertiary/aromatic N) is 3. The number of aliphatic hydroxyl groups is 1. The minimum absolute atomic E-state index is 0.0598. The van der Waals surface area contributed by atoms with E-state index < -0.39 is 11.6 Å². The fourth-order valence-electron chi connectivity index (χ4n) is 1.75. The molecule has 0 bridgehead atoms. The summed E-state index contributed by atoms with van der Waals surface area (Å²) in [5.41, 5.74) is 0.294. The summed E-state index contributed by atoms with van der Waals surface area (Å²) in [5, 5.41) is 11.2. The molecule has 25 heavy (non-hydrogen) atoms. The van der Waals surface area contributed by atoms with Gasteiger partial charge in [-0.15, -0.1) is 0 Å². The van der Waals surface area contributed by atoms with Crippen LogP contribution in [0, 0.1) is 11.6 Å². The van der Waals surface area contributed by atoms with Crippen LogP contribution < -0.4 is 16.7 Å². The van der Waals surface area contributed by atoms with Crippen molar-refractivity contribution in [1.82, 2.24) is 3.97 Å². The second kappa shape index (κ2) is 11.2. The largest absolute Gasteiger partial charge is 0.400 e. The molecular formula is C15H21F2N5O2S. The molecule has 0 aliphatic rings. The van der Waals surface area contributed by atoms with Crippen LogP contribution in [-0.4, -0.2) is 28.3 Å². The van der Waals surface area contributed by atoms with Gasteiger partial charge in [-0.1, -0.05) is 32.7 Å². The molecule has 1 heterocycles. The van der Waals surface area contributed by atoms with Gasteiger partial charge in [0, 0.05) is 18.9 Å². The predicted molar refractivity (Wildman–Crippen MR) is 97.4 cm³/mol. The first-order valence-corrected chi connectivity index (χ1v) is 7.48. The average Bonchev–Trinajstić information content (AvgIpc) is 3.01. The van der Waals surface area contributed by atoms with E-state index in [-0.39, 0.29) is 17.2 Å². The van der Waals surface area contributed by atoms with E-state index in [9.17, 15) is 13.6 Å². The predicted octanol–water partition coefficient (Wildman–Crippen LogP) is 1.91. The highest BCUT2D eigenvalue weighted by Crippen LogP contribution is 2.21. The average molecular weight is 373 g/mol. The summed E-state index contributed by atoms with van der Waals surface area (Å²) < 4.78 is 28.2. The number of thiol groups is 1. The molecule has 2 rings (SSSR count). The number of anilines is 1. The molecule has 0 saturated heterocycles. The quantitative estimate of drug-likeness (QED) is 0.164. The van der Waals surface area contributed by atoms with Gasteiger partial charge in [0.15, 0.2) is 23.8 Å². The molecule has 0 atom stereocenters.